The summed E-state index contributed by atoms with van der Waals surface area (Å²) in [6.07, 6.45) is 0. The van der Waals surface area contributed by atoms with Crippen LogP contribution in [0.2, 0.25) is 0 Å². The van der Waals surface area contributed by atoms with Gasteiger partial charge in [0.2, 0.25) is 10.0 Å². The van der Waals surface area contributed by atoms with Crippen molar-refractivity contribution in [1.82, 2.24) is 18.3 Å². The molecule has 1 aromatic carbocycles. The molecule has 1 aliphatic rings. The molecule has 2 aromatic rings. The molecule has 3 rings (SSSR count). The molecule has 0 bridgehead atoms. The van der Waals surface area contributed by atoms with Crippen LogP contribution in [0.4, 0.5) is 8.78 Å². The standard InChI is InChI=1S/C17H20F2N4O4S/c1-20-12(9-16(24)21(2)17(20)25)11-22-5-7-23(8-6-22)28(26,27)13-3-4-14(18)15(19)10-13/h3-4,9-10H,5-8,11H2,1-2H3. The van der Waals surface area contributed by atoms with Gasteiger partial charge in [0.05, 0.1) is 4.90 Å². The number of nitrogens with zero attached hydrogens (tertiary/aromatic N) is 4. The maximum atomic E-state index is 13.4. The van der Waals surface area contributed by atoms with Crippen LogP contribution in [-0.4, -0.2) is 52.9 Å². The van der Waals surface area contributed by atoms with Gasteiger partial charge in [0, 0.05) is 58.6 Å². The van der Waals surface area contributed by atoms with Gasteiger partial charge < -0.3 is 0 Å². The highest BCUT2D eigenvalue weighted by Crippen LogP contribution is 2.20. The molecule has 1 aromatic heterocycles. The number of piperazine rings is 1. The molecular formula is C17H20F2N4O4S. The smallest absolute Gasteiger partial charge is 0.299 e. The van der Waals surface area contributed by atoms with Gasteiger partial charge in [0.25, 0.3) is 5.56 Å². The lowest BCUT2D eigenvalue weighted by molar-refractivity contribution is 0.177. The average Bonchev–Trinajstić information content (AvgIpc) is 2.67. The number of hydrogen-bond acceptors (Lipinski definition) is 5. The largest absolute Gasteiger partial charge is 0.330 e. The van der Waals surface area contributed by atoms with Crippen LogP contribution >= 0.6 is 0 Å². The van der Waals surface area contributed by atoms with E-state index in [4.69, 9.17) is 0 Å². The van der Waals surface area contributed by atoms with Gasteiger partial charge in [0.15, 0.2) is 11.6 Å². The molecular weight excluding hydrogens is 394 g/mol. The van der Waals surface area contributed by atoms with E-state index in [0.717, 1.165) is 16.7 Å². The van der Waals surface area contributed by atoms with Crippen LogP contribution in [-0.2, 0) is 30.7 Å². The van der Waals surface area contributed by atoms with Crippen LogP contribution in [0.1, 0.15) is 5.69 Å². The number of halogens is 2. The van der Waals surface area contributed by atoms with E-state index in [9.17, 15) is 26.8 Å². The second-order valence-electron chi connectivity index (χ2n) is 6.63. The van der Waals surface area contributed by atoms with Crippen LogP contribution in [0, 0.1) is 11.6 Å². The van der Waals surface area contributed by atoms with Gasteiger partial charge in [-0.3, -0.25) is 18.8 Å². The zero-order valence-electron chi connectivity index (χ0n) is 15.4. The Morgan fingerprint density at radius 2 is 1.57 bits per heavy atom. The SMILES string of the molecule is Cn1c(CN2CCN(S(=O)(=O)c3ccc(F)c(F)c3)CC2)cc(=O)n(C)c1=O. The van der Waals surface area contributed by atoms with Gasteiger partial charge in [-0.05, 0) is 18.2 Å². The molecule has 0 radical (unpaired) electrons. The lowest BCUT2D eigenvalue weighted by Gasteiger charge is -2.34. The molecule has 0 spiro atoms. The quantitative estimate of drug-likeness (QED) is 0.696. The predicted octanol–water partition coefficient (Wildman–Crippen LogP) is -0.131. The van der Waals surface area contributed by atoms with E-state index in [1.807, 2.05) is 4.90 Å². The van der Waals surface area contributed by atoms with E-state index >= 15 is 0 Å². The number of hydrogen-bond donors (Lipinski definition) is 0. The third-order valence-corrected chi connectivity index (χ3v) is 6.77. The highest BCUT2D eigenvalue weighted by Gasteiger charge is 2.29. The molecule has 8 nitrogen and oxygen atoms in total. The monoisotopic (exact) mass is 414 g/mol. The minimum absolute atomic E-state index is 0.153. The third kappa shape index (κ3) is 3.77. The first-order chi connectivity index (χ1) is 13.1. The summed E-state index contributed by atoms with van der Waals surface area (Å²) in [4.78, 5) is 25.5. The van der Waals surface area contributed by atoms with Gasteiger partial charge >= 0.3 is 5.69 Å². The molecule has 1 fully saturated rings. The van der Waals surface area contributed by atoms with Crippen molar-refractivity contribution in [2.75, 3.05) is 26.2 Å². The molecule has 0 unspecified atom stereocenters. The summed E-state index contributed by atoms with van der Waals surface area (Å²) < 4.78 is 55.3. The number of aromatic nitrogens is 2. The Morgan fingerprint density at radius 1 is 0.929 bits per heavy atom. The van der Waals surface area contributed by atoms with Crippen LogP contribution in [0.5, 0.6) is 0 Å². The van der Waals surface area contributed by atoms with Crippen molar-refractivity contribution in [3.63, 3.8) is 0 Å². The Kier molecular flexibility index (Phi) is 5.50. The van der Waals surface area contributed by atoms with Gasteiger partial charge in [-0.15, -0.1) is 0 Å². The molecule has 152 valence electrons. The van der Waals surface area contributed by atoms with Gasteiger partial charge in [0.1, 0.15) is 0 Å². The van der Waals surface area contributed by atoms with E-state index < -0.39 is 32.9 Å². The maximum Gasteiger partial charge on any atom is 0.330 e. The number of rotatable bonds is 4. The van der Waals surface area contributed by atoms with Gasteiger partial charge in [-0.25, -0.2) is 22.0 Å². The average molecular weight is 414 g/mol. The normalized spacial score (nSPS) is 16.4. The Hall–Kier alpha value is -2.37. The number of benzene rings is 1. The van der Waals surface area contributed by atoms with E-state index in [1.165, 1.54) is 22.0 Å². The van der Waals surface area contributed by atoms with Crippen LogP contribution < -0.4 is 11.2 Å². The van der Waals surface area contributed by atoms with Crippen molar-refractivity contribution in [1.29, 1.82) is 0 Å². The number of sulfonamides is 1. The fourth-order valence-electron chi connectivity index (χ4n) is 3.07. The fourth-order valence-corrected chi connectivity index (χ4v) is 4.51. The van der Waals surface area contributed by atoms with Crippen molar-refractivity contribution in [3.05, 3.63) is 62.4 Å². The molecule has 1 saturated heterocycles. The highest BCUT2D eigenvalue weighted by molar-refractivity contribution is 7.89. The lowest BCUT2D eigenvalue weighted by atomic mass is 10.3. The highest BCUT2D eigenvalue weighted by atomic mass is 32.2. The Bertz CT molecular complexity index is 1120. The zero-order valence-corrected chi connectivity index (χ0v) is 16.2. The minimum Gasteiger partial charge on any atom is -0.299 e. The Balaban J connectivity index is 1.72. The molecule has 0 amide bonds. The Labute approximate surface area is 160 Å². The third-order valence-electron chi connectivity index (χ3n) is 4.87. The summed E-state index contributed by atoms with van der Waals surface area (Å²) in [5.41, 5.74) is -0.301. The first-order valence-corrected chi connectivity index (χ1v) is 9.99. The second-order valence-corrected chi connectivity index (χ2v) is 8.57. The molecule has 11 heteroatoms. The predicted molar refractivity (Wildman–Crippen MR) is 97.3 cm³/mol. The molecule has 1 aliphatic heterocycles. The van der Waals surface area contributed by atoms with Crippen LogP contribution in [0.15, 0.2) is 38.8 Å². The molecule has 0 saturated carbocycles. The summed E-state index contributed by atoms with van der Waals surface area (Å²) >= 11 is 0. The summed E-state index contributed by atoms with van der Waals surface area (Å²) in [5, 5.41) is 0. The van der Waals surface area contributed by atoms with Crippen LogP contribution in [0.3, 0.4) is 0 Å². The van der Waals surface area contributed by atoms with E-state index in [1.54, 1.807) is 7.05 Å². The summed E-state index contributed by atoms with van der Waals surface area (Å²) in [5.74, 6) is -2.32. The van der Waals surface area contributed by atoms with Crippen molar-refractivity contribution >= 4 is 10.0 Å². The first kappa shape index (κ1) is 20.4. The van der Waals surface area contributed by atoms with Crippen molar-refractivity contribution in [3.8, 4) is 0 Å². The van der Waals surface area contributed by atoms with Crippen molar-refractivity contribution < 1.29 is 17.2 Å². The summed E-state index contributed by atoms with van der Waals surface area (Å²) in [6, 6.07) is 3.88. The maximum absolute atomic E-state index is 13.4. The summed E-state index contributed by atoms with van der Waals surface area (Å²) in [6.45, 7) is 1.36. The lowest BCUT2D eigenvalue weighted by Crippen LogP contribution is -2.49. The van der Waals surface area contributed by atoms with Gasteiger partial charge in [-0.2, -0.15) is 4.31 Å². The zero-order chi connectivity index (χ0) is 20.6. The molecule has 28 heavy (non-hydrogen) atoms. The van der Waals surface area contributed by atoms with E-state index in [-0.39, 0.29) is 18.0 Å². The van der Waals surface area contributed by atoms with Crippen molar-refractivity contribution in [2.45, 2.75) is 11.4 Å². The molecule has 0 N–H and O–H groups in total. The van der Waals surface area contributed by atoms with E-state index in [0.29, 0.717) is 31.4 Å². The van der Waals surface area contributed by atoms with E-state index in [2.05, 4.69) is 0 Å². The van der Waals surface area contributed by atoms with Crippen molar-refractivity contribution in [2.24, 2.45) is 14.1 Å². The Morgan fingerprint density at radius 3 is 2.18 bits per heavy atom. The first-order valence-electron chi connectivity index (χ1n) is 8.55. The van der Waals surface area contributed by atoms with Crippen LogP contribution in [0.25, 0.3) is 0 Å². The van der Waals surface area contributed by atoms with Gasteiger partial charge in [-0.1, -0.05) is 0 Å². The molecule has 0 aliphatic carbocycles. The molecule has 0 atom stereocenters. The summed E-state index contributed by atoms with van der Waals surface area (Å²) in [7, 11) is -0.964. The topological polar surface area (TPSA) is 84.6 Å². The fraction of sp³-hybridized carbons (Fsp3) is 0.412. The second kappa shape index (κ2) is 7.57. The minimum atomic E-state index is -3.93. The molecule has 2 heterocycles.